The predicted molar refractivity (Wildman–Crippen MR) is 103 cm³/mol. The lowest BCUT2D eigenvalue weighted by atomic mass is 9.99. The molecule has 27 heavy (non-hydrogen) atoms. The number of hydrogen-bond acceptors (Lipinski definition) is 4. The first-order valence-corrected chi connectivity index (χ1v) is 9.36. The van der Waals surface area contributed by atoms with E-state index in [0.717, 1.165) is 36.5 Å². The second kappa shape index (κ2) is 8.18. The first kappa shape index (κ1) is 17.5. The maximum absolute atomic E-state index is 12.8. The van der Waals surface area contributed by atoms with Gasteiger partial charge in [-0.05, 0) is 61.3 Å². The summed E-state index contributed by atoms with van der Waals surface area (Å²) in [5, 5.41) is 3.10. The quantitative estimate of drug-likeness (QED) is 0.726. The summed E-state index contributed by atoms with van der Waals surface area (Å²) in [6.45, 7) is 2.96. The number of carbonyl (C=O) groups excluding carboxylic acids is 1. The Morgan fingerprint density at radius 3 is 2.44 bits per heavy atom. The van der Waals surface area contributed by atoms with E-state index in [9.17, 15) is 4.79 Å². The standard InChI is InChI=1S/C22H23N3O2/c26-22(20-9-8-19(27-20)16-25-14-4-5-15-25)24-21(17-6-2-1-3-7-17)18-10-12-23-13-11-18/h1-3,6-13,21H,4-5,14-16H2,(H,24,26). The summed E-state index contributed by atoms with van der Waals surface area (Å²) in [5.74, 6) is 0.967. The zero-order valence-corrected chi connectivity index (χ0v) is 15.2. The summed E-state index contributed by atoms with van der Waals surface area (Å²) in [4.78, 5) is 19.2. The van der Waals surface area contributed by atoms with E-state index in [-0.39, 0.29) is 11.9 Å². The van der Waals surface area contributed by atoms with Crippen LogP contribution in [0.3, 0.4) is 0 Å². The fourth-order valence-electron chi connectivity index (χ4n) is 3.51. The monoisotopic (exact) mass is 361 g/mol. The van der Waals surface area contributed by atoms with E-state index in [1.165, 1.54) is 12.8 Å². The van der Waals surface area contributed by atoms with Crippen LogP contribution in [0.5, 0.6) is 0 Å². The summed E-state index contributed by atoms with van der Waals surface area (Å²) >= 11 is 0. The fourth-order valence-corrected chi connectivity index (χ4v) is 3.51. The third kappa shape index (κ3) is 4.26. The normalized spacial score (nSPS) is 15.6. The number of furan rings is 1. The van der Waals surface area contributed by atoms with Gasteiger partial charge in [-0.25, -0.2) is 0 Å². The molecule has 0 radical (unpaired) electrons. The highest BCUT2D eigenvalue weighted by molar-refractivity contribution is 5.92. The molecule has 0 bridgehead atoms. The summed E-state index contributed by atoms with van der Waals surface area (Å²) in [7, 11) is 0. The molecule has 1 aliphatic rings. The third-order valence-corrected chi connectivity index (χ3v) is 4.91. The number of likely N-dealkylation sites (tertiary alicyclic amines) is 1. The van der Waals surface area contributed by atoms with Gasteiger partial charge in [-0.2, -0.15) is 0 Å². The first-order chi connectivity index (χ1) is 13.3. The Morgan fingerprint density at radius 2 is 1.70 bits per heavy atom. The Hall–Kier alpha value is -2.92. The predicted octanol–water partition coefficient (Wildman–Crippen LogP) is 3.79. The Balaban J connectivity index is 1.51. The molecule has 1 saturated heterocycles. The molecule has 1 unspecified atom stereocenters. The van der Waals surface area contributed by atoms with Gasteiger partial charge in [-0.1, -0.05) is 30.3 Å². The second-order valence-electron chi connectivity index (χ2n) is 6.85. The molecular weight excluding hydrogens is 338 g/mol. The molecular formula is C22H23N3O2. The minimum atomic E-state index is -0.256. The van der Waals surface area contributed by atoms with Crippen LogP contribution in [0.2, 0.25) is 0 Å². The summed E-state index contributed by atoms with van der Waals surface area (Å²) in [5.41, 5.74) is 1.99. The molecule has 1 aliphatic heterocycles. The van der Waals surface area contributed by atoms with Gasteiger partial charge in [-0.3, -0.25) is 14.7 Å². The number of benzene rings is 1. The average molecular weight is 361 g/mol. The van der Waals surface area contributed by atoms with Gasteiger partial charge in [0, 0.05) is 12.4 Å². The number of carbonyl (C=O) groups is 1. The van der Waals surface area contributed by atoms with Crippen LogP contribution in [0.15, 0.2) is 71.4 Å². The molecule has 1 amide bonds. The van der Waals surface area contributed by atoms with Crippen LogP contribution < -0.4 is 5.32 Å². The zero-order valence-electron chi connectivity index (χ0n) is 15.2. The number of nitrogens with one attached hydrogen (secondary N) is 1. The molecule has 0 spiro atoms. The molecule has 2 aromatic heterocycles. The number of aromatic nitrogens is 1. The van der Waals surface area contributed by atoms with Crippen molar-refractivity contribution in [2.75, 3.05) is 13.1 Å². The number of amides is 1. The molecule has 0 aliphatic carbocycles. The van der Waals surface area contributed by atoms with Crippen LogP contribution in [-0.4, -0.2) is 28.9 Å². The van der Waals surface area contributed by atoms with E-state index < -0.39 is 0 Å². The SMILES string of the molecule is O=C(NC(c1ccccc1)c1ccncc1)c1ccc(CN2CCCC2)o1. The largest absolute Gasteiger partial charge is 0.455 e. The first-order valence-electron chi connectivity index (χ1n) is 9.36. The van der Waals surface area contributed by atoms with Crippen LogP contribution >= 0.6 is 0 Å². The Labute approximate surface area is 159 Å². The lowest BCUT2D eigenvalue weighted by molar-refractivity contribution is 0.0911. The number of hydrogen-bond donors (Lipinski definition) is 1. The van der Waals surface area contributed by atoms with Crippen LogP contribution in [0.1, 0.15) is 46.3 Å². The van der Waals surface area contributed by atoms with Crippen molar-refractivity contribution >= 4 is 5.91 Å². The fraction of sp³-hybridized carbons (Fsp3) is 0.273. The average Bonchev–Trinajstić information content (AvgIpc) is 3.40. The minimum absolute atomic E-state index is 0.215. The van der Waals surface area contributed by atoms with Crippen LogP contribution in [0.4, 0.5) is 0 Å². The van der Waals surface area contributed by atoms with E-state index in [2.05, 4.69) is 15.2 Å². The minimum Gasteiger partial charge on any atom is -0.455 e. The molecule has 0 saturated carbocycles. The van der Waals surface area contributed by atoms with Gasteiger partial charge in [0.05, 0.1) is 12.6 Å². The number of rotatable bonds is 6. The van der Waals surface area contributed by atoms with Crippen molar-refractivity contribution in [3.63, 3.8) is 0 Å². The van der Waals surface area contributed by atoms with Crippen LogP contribution in [0.25, 0.3) is 0 Å². The molecule has 5 heteroatoms. The molecule has 3 aromatic rings. The Bertz CT molecular complexity index is 831. The van der Waals surface area contributed by atoms with Gasteiger partial charge in [0.2, 0.25) is 0 Å². The van der Waals surface area contributed by atoms with E-state index in [1.807, 2.05) is 48.5 Å². The number of pyridine rings is 1. The topological polar surface area (TPSA) is 58.4 Å². The van der Waals surface area contributed by atoms with Gasteiger partial charge in [-0.15, -0.1) is 0 Å². The van der Waals surface area contributed by atoms with Crippen molar-refractivity contribution in [2.45, 2.75) is 25.4 Å². The van der Waals surface area contributed by atoms with E-state index >= 15 is 0 Å². The van der Waals surface area contributed by atoms with E-state index in [1.54, 1.807) is 18.5 Å². The molecule has 1 fully saturated rings. The summed E-state index contributed by atoms with van der Waals surface area (Å²) in [6, 6.07) is 17.1. The molecule has 1 N–H and O–H groups in total. The molecule has 138 valence electrons. The molecule has 1 aromatic carbocycles. The lowest BCUT2D eigenvalue weighted by Gasteiger charge is -2.19. The zero-order chi connectivity index (χ0) is 18.5. The molecule has 5 nitrogen and oxygen atoms in total. The summed E-state index contributed by atoms with van der Waals surface area (Å²) < 4.78 is 5.81. The van der Waals surface area contributed by atoms with Gasteiger partial charge < -0.3 is 9.73 Å². The van der Waals surface area contributed by atoms with Crippen molar-refractivity contribution in [3.8, 4) is 0 Å². The van der Waals surface area contributed by atoms with E-state index in [4.69, 9.17) is 4.42 Å². The van der Waals surface area contributed by atoms with Crippen molar-refractivity contribution in [2.24, 2.45) is 0 Å². The van der Waals surface area contributed by atoms with Crippen LogP contribution in [0, 0.1) is 0 Å². The van der Waals surface area contributed by atoms with Gasteiger partial charge in [0.1, 0.15) is 5.76 Å². The van der Waals surface area contributed by atoms with Gasteiger partial charge in [0.15, 0.2) is 5.76 Å². The van der Waals surface area contributed by atoms with Crippen molar-refractivity contribution in [3.05, 3.63) is 89.6 Å². The Morgan fingerprint density at radius 1 is 1.00 bits per heavy atom. The molecule has 4 rings (SSSR count). The smallest absolute Gasteiger partial charge is 0.287 e. The highest BCUT2D eigenvalue weighted by atomic mass is 16.4. The number of nitrogens with zero attached hydrogens (tertiary/aromatic N) is 2. The second-order valence-corrected chi connectivity index (χ2v) is 6.85. The third-order valence-electron chi connectivity index (χ3n) is 4.91. The van der Waals surface area contributed by atoms with Crippen molar-refractivity contribution in [1.29, 1.82) is 0 Å². The van der Waals surface area contributed by atoms with Gasteiger partial charge in [0.25, 0.3) is 5.91 Å². The Kier molecular flexibility index (Phi) is 5.30. The highest BCUT2D eigenvalue weighted by Crippen LogP contribution is 2.22. The van der Waals surface area contributed by atoms with Gasteiger partial charge >= 0.3 is 0 Å². The van der Waals surface area contributed by atoms with E-state index in [0.29, 0.717) is 5.76 Å². The summed E-state index contributed by atoms with van der Waals surface area (Å²) in [6.07, 6.45) is 5.94. The molecule has 1 atom stereocenters. The van der Waals surface area contributed by atoms with Crippen molar-refractivity contribution < 1.29 is 9.21 Å². The molecule has 3 heterocycles. The van der Waals surface area contributed by atoms with Crippen molar-refractivity contribution in [1.82, 2.24) is 15.2 Å². The maximum atomic E-state index is 12.8. The van der Waals surface area contributed by atoms with Crippen LogP contribution in [-0.2, 0) is 6.54 Å². The lowest BCUT2D eigenvalue weighted by Crippen LogP contribution is -2.29. The highest BCUT2D eigenvalue weighted by Gasteiger charge is 2.21. The maximum Gasteiger partial charge on any atom is 0.287 e.